The number of carbonyl (C=O) groups excluding carboxylic acids is 1. The Morgan fingerprint density at radius 1 is 1.38 bits per heavy atom. The van der Waals surface area contributed by atoms with Crippen LogP contribution in [0, 0.1) is 17.8 Å². The van der Waals surface area contributed by atoms with Crippen molar-refractivity contribution < 1.29 is 4.79 Å². The first-order valence-electron chi connectivity index (χ1n) is 6.47. The van der Waals surface area contributed by atoms with Crippen molar-refractivity contribution in [3.63, 3.8) is 0 Å². The van der Waals surface area contributed by atoms with Crippen molar-refractivity contribution in [1.29, 1.82) is 0 Å². The molecule has 0 heterocycles. The van der Waals surface area contributed by atoms with Crippen LogP contribution in [-0.4, -0.2) is 18.0 Å². The van der Waals surface area contributed by atoms with E-state index >= 15 is 0 Å². The van der Waals surface area contributed by atoms with Crippen molar-refractivity contribution in [3.8, 4) is 0 Å². The molecule has 0 aliphatic heterocycles. The van der Waals surface area contributed by atoms with Gasteiger partial charge in [0.05, 0.1) is 6.04 Å². The first kappa shape index (κ1) is 13.5. The number of carbonyl (C=O) groups is 1. The van der Waals surface area contributed by atoms with Gasteiger partial charge in [-0.1, -0.05) is 27.7 Å². The zero-order valence-electron chi connectivity index (χ0n) is 11.0. The van der Waals surface area contributed by atoms with Gasteiger partial charge in [0, 0.05) is 6.04 Å². The van der Waals surface area contributed by atoms with Gasteiger partial charge in [-0.05, 0) is 37.0 Å². The molecular weight excluding hydrogens is 200 g/mol. The highest BCUT2D eigenvalue weighted by molar-refractivity contribution is 5.81. The molecule has 1 rings (SSSR count). The normalized spacial score (nSPS) is 31.8. The van der Waals surface area contributed by atoms with Gasteiger partial charge in [0.1, 0.15) is 0 Å². The highest BCUT2D eigenvalue weighted by Crippen LogP contribution is 2.31. The number of amides is 1. The average molecular weight is 226 g/mol. The van der Waals surface area contributed by atoms with Gasteiger partial charge in [-0.15, -0.1) is 0 Å². The summed E-state index contributed by atoms with van der Waals surface area (Å²) in [6.07, 6.45) is 3.08. The Kier molecular flexibility index (Phi) is 4.78. The molecule has 1 fully saturated rings. The fourth-order valence-corrected chi connectivity index (χ4v) is 2.47. The molecule has 0 saturated heterocycles. The van der Waals surface area contributed by atoms with E-state index in [1.807, 2.05) is 0 Å². The van der Waals surface area contributed by atoms with Crippen LogP contribution in [0.2, 0.25) is 0 Å². The lowest BCUT2D eigenvalue weighted by molar-refractivity contribution is -0.123. The van der Waals surface area contributed by atoms with Gasteiger partial charge in [-0.2, -0.15) is 0 Å². The van der Waals surface area contributed by atoms with Crippen LogP contribution in [-0.2, 0) is 4.79 Å². The van der Waals surface area contributed by atoms with Gasteiger partial charge < -0.3 is 11.1 Å². The van der Waals surface area contributed by atoms with Crippen LogP contribution >= 0.6 is 0 Å². The number of nitrogens with one attached hydrogen (secondary N) is 1. The summed E-state index contributed by atoms with van der Waals surface area (Å²) in [5, 5.41) is 3.10. The minimum atomic E-state index is -0.344. The predicted molar refractivity (Wildman–Crippen MR) is 66.9 cm³/mol. The highest BCUT2D eigenvalue weighted by atomic mass is 16.2. The lowest BCUT2D eigenvalue weighted by Crippen LogP contribution is -2.47. The van der Waals surface area contributed by atoms with Gasteiger partial charge in [-0.3, -0.25) is 4.79 Å². The van der Waals surface area contributed by atoms with E-state index in [9.17, 15) is 4.79 Å². The monoisotopic (exact) mass is 226 g/mol. The zero-order valence-corrected chi connectivity index (χ0v) is 11.0. The minimum absolute atomic E-state index is 0.0275. The lowest BCUT2D eigenvalue weighted by Gasteiger charge is -2.22. The number of nitrogens with two attached hydrogens (primary N) is 1. The van der Waals surface area contributed by atoms with Crippen molar-refractivity contribution >= 4 is 5.91 Å². The Morgan fingerprint density at radius 3 is 2.44 bits per heavy atom. The molecule has 1 aliphatic rings. The third kappa shape index (κ3) is 3.48. The quantitative estimate of drug-likeness (QED) is 0.769. The maximum Gasteiger partial charge on any atom is 0.237 e. The van der Waals surface area contributed by atoms with E-state index < -0.39 is 0 Å². The van der Waals surface area contributed by atoms with E-state index in [1.54, 1.807) is 0 Å². The fourth-order valence-electron chi connectivity index (χ4n) is 2.47. The third-order valence-electron chi connectivity index (χ3n) is 3.86. The van der Waals surface area contributed by atoms with Gasteiger partial charge in [0.2, 0.25) is 5.91 Å². The van der Waals surface area contributed by atoms with Crippen molar-refractivity contribution in [2.24, 2.45) is 23.5 Å². The molecule has 1 aliphatic carbocycles. The maximum absolute atomic E-state index is 11.9. The predicted octanol–water partition coefficient (Wildman–Crippen LogP) is 1.91. The van der Waals surface area contributed by atoms with E-state index in [-0.39, 0.29) is 11.9 Å². The topological polar surface area (TPSA) is 55.1 Å². The van der Waals surface area contributed by atoms with Gasteiger partial charge in [-0.25, -0.2) is 0 Å². The molecule has 0 aromatic carbocycles. The van der Waals surface area contributed by atoms with Crippen molar-refractivity contribution in [2.45, 2.75) is 59.0 Å². The average Bonchev–Trinajstić information content (AvgIpc) is 2.48. The van der Waals surface area contributed by atoms with E-state index in [4.69, 9.17) is 5.73 Å². The Bertz CT molecular complexity index is 240. The summed E-state index contributed by atoms with van der Waals surface area (Å²) >= 11 is 0. The fraction of sp³-hybridized carbons (Fsp3) is 0.923. The molecule has 0 aromatic heterocycles. The summed E-state index contributed by atoms with van der Waals surface area (Å²) in [7, 11) is 0. The molecule has 16 heavy (non-hydrogen) atoms. The van der Waals surface area contributed by atoms with Crippen LogP contribution < -0.4 is 11.1 Å². The molecule has 94 valence electrons. The van der Waals surface area contributed by atoms with E-state index in [2.05, 4.69) is 33.0 Å². The molecule has 0 spiro atoms. The second-order valence-electron chi connectivity index (χ2n) is 5.76. The highest BCUT2D eigenvalue weighted by Gasteiger charge is 2.31. The Morgan fingerprint density at radius 2 is 2.00 bits per heavy atom. The number of rotatable bonds is 4. The molecule has 1 saturated carbocycles. The standard InChI is InChI=1S/C13H26N2O/c1-8(2)7-11(14)13(16)15-12-6-5-9(3)10(12)4/h8-12H,5-7,14H2,1-4H3,(H,15,16). The summed E-state index contributed by atoms with van der Waals surface area (Å²) in [6.45, 7) is 8.66. The Balaban J connectivity index is 2.39. The third-order valence-corrected chi connectivity index (χ3v) is 3.86. The van der Waals surface area contributed by atoms with E-state index in [1.165, 1.54) is 6.42 Å². The van der Waals surface area contributed by atoms with E-state index in [0.29, 0.717) is 23.8 Å². The molecule has 3 nitrogen and oxygen atoms in total. The molecular formula is C13H26N2O. The number of hydrogen-bond donors (Lipinski definition) is 2. The van der Waals surface area contributed by atoms with Gasteiger partial charge in [0.15, 0.2) is 0 Å². The van der Waals surface area contributed by atoms with Crippen LogP contribution in [0.4, 0.5) is 0 Å². The second-order valence-corrected chi connectivity index (χ2v) is 5.76. The Labute approximate surface area is 99.2 Å². The van der Waals surface area contributed by atoms with Crippen LogP contribution in [0.5, 0.6) is 0 Å². The van der Waals surface area contributed by atoms with Crippen molar-refractivity contribution in [3.05, 3.63) is 0 Å². The molecule has 3 heteroatoms. The first-order valence-corrected chi connectivity index (χ1v) is 6.47. The SMILES string of the molecule is CC(C)CC(N)C(=O)NC1CCC(C)C1C. The maximum atomic E-state index is 11.9. The first-order chi connectivity index (χ1) is 7.41. The molecule has 1 amide bonds. The summed E-state index contributed by atoms with van der Waals surface area (Å²) in [6, 6.07) is -0.0104. The molecule has 4 unspecified atom stereocenters. The van der Waals surface area contributed by atoms with Crippen LogP contribution in [0.1, 0.15) is 47.0 Å². The van der Waals surface area contributed by atoms with Gasteiger partial charge in [0.25, 0.3) is 0 Å². The molecule has 4 atom stereocenters. The summed E-state index contributed by atoms with van der Waals surface area (Å²) in [4.78, 5) is 11.9. The molecule has 0 radical (unpaired) electrons. The summed E-state index contributed by atoms with van der Waals surface area (Å²) in [5.41, 5.74) is 5.86. The number of hydrogen-bond acceptors (Lipinski definition) is 2. The molecule has 0 bridgehead atoms. The molecule has 3 N–H and O–H groups in total. The lowest BCUT2D eigenvalue weighted by atomic mass is 9.97. The molecule has 0 aromatic rings. The summed E-state index contributed by atoms with van der Waals surface area (Å²) in [5.74, 6) is 1.79. The van der Waals surface area contributed by atoms with Gasteiger partial charge >= 0.3 is 0 Å². The van der Waals surface area contributed by atoms with Crippen LogP contribution in [0.25, 0.3) is 0 Å². The van der Waals surface area contributed by atoms with Crippen LogP contribution in [0.15, 0.2) is 0 Å². The minimum Gasteiger partial charge on any atom is -0.352 e. The van der Waals surface area contributed by atoms with Crippen LogP contribution in [0.3, 0.4) is 0 Å². The summed E-state index contributed by atoms with van der Waals surface area (Å²) < 4.78 is 0. The van der Waals surface area contributed by atoms with E-state index in [0.717, 1.165) is 12.8 Å². The largest absolute Gasteiger partial charge is 0.352 e. The van der Waals surface area contributed by atoms with Crippen molar-refractivity contribution in [2.75, 3.05) is 0 Å². The second kappa shape index (κ2) is 5.67. The Hall–Kier alpha value is -0.570. The van der Waals surface area contributed by atoms with Crippen molar-refractivity contribution in [1.82, 2.24) is 5.32 Å². The smallest absolute Gasteiger partial charge is 0.237 e. The zero-order chi connectivity index (χ0) is 12.3.